The van der Waals surface area contributed by atoms with Crippen molar-refractivity contribution in [1.29, 1.82) is 0 Å². The number of nitrogens with one attached hydrogen (secondary N) is 1. The average molecular weight is 380 g/mol. The maximum absolute atomic E-state index is 13.3. The molecule has 0 saturated heterocycles. The van der Waals surface area contributed by atoms with Crippen LogP contribution in [0.2, 0.25) is 0 Å². The third kappa shape index (κ3) is 6.29. The third-order valence-electron chi connectivity index (χ3n) is 3.85. The van der Waals surface area contributed by atoms with Gasteiger partial charge in [-0.15, -0.1) is 0 Å². The minimum atomic E-state index is -4.55. The largest absolute Gasteiger partial charge is 0.491 e. The molecule has 0 aliphatic heterocycles. The summed E-state index contributed by atoms with van der Waals surface area (Å²) in [4.78, 5) is 12.2. The number of ether oxygens (including phenoxy) is 1. The van der Waals surface area contributed by atoms with Gasteiger partial charge in [0, 0.05) is 6.54 Å². The average Bonchev–Trinajstić information content (AvgIpc) is 2.59. The second kappa shape index (κ2) is 8.90. The standard InChI is InChI=1S/C20H23F3N2O2/c1-13(2)27-16-9-8-15(17(11-16)20(21,22)23)12-25-19(26)18(24)10-14-6-4-3-5-7-14/h3-9,11,13,18H,10,12,24H2,1-2H3,(H,25,26)/t18-/m0/s1. The fourth-order valence-electron chi connectivity index (χ4n) is 2.59. The highest BCUT2D eigenvalue weighted by molar-refractivity contribution is 5.81. The Morgan fingerprint density at radius 3 is 2.41 bits per heavy atom. The van der Waals surface area contributed by atoms with Gasteiger partial charge in [0.2, 0.25) is 5.91 Å². The Hall–Kier alpha value is -2.54. The van der Waals surface area contributed by atoms with Crippen molar-refractivity contribution in [3.05, 3.63) is 65.2 Å². The summed E-state index contributed by atoms with van der Waals surface area (Å²) in [6.07, 6.45) is -4.49. The topological polar surface area (TPSA) is 64.3 Å². The zero-order valence-corrected chi connectivity index (χ0v) is 15.2. The van der Waals surface area contributed by atoms with Crippen molar-refractivity contribution in [2.75, 3.05) is 0 Å². The zero-order chi connectivity index (χ0) is 20.0. The molecule has 0 unspecified atom stereocenters. The van der Waals surface area contributed by atoms with E-state index in [0.717, 1.165) is 11.6 Å². The summed E-state index contributed by atoms with van der Waals surface area (Å²) in [6.45, 7) is 3.20. The first-order chi connectivity index (χ1) is 12.7. The molecule has 0 bridgehead atoms. The number of rotatable bonds is 7. The van der Waals surface area contributed by atoms with Gasteiger partial charge in [0.25, 0.3) is 0 Å². The monoisotopic (exact) mass is 380 g/mol. The first-order valence-corrected chi connectivity index (χ1v) is 8.61. The van der Waals surface area contributed by atoms with Crippen molar-refractivity contribution < 1.29 is 22.7 Å². The van der Waals surface area contributed by atoms with E-state index >= 15 is 0 Å². The van der Waals surface area contributed by atoms with E-state index in [0.29, 0.717) is 6.42 Å². The van der Waals surface area contributed by atoms with Crippen LogP contribution in [-0.4, -0.2) is 18.1 Å². The van der Waals surface area contributed by atoms with Gasteiger partial charge in [0.1, 0.15) is 5.75 Å². The van der Waals surface area contributed by atoms with E-state index in [1.807, 2.05) is 30.3 Å². The van der Waals surface area contributed by atoms with E-state index < -0.39 is 23.7 Å². The Morgan fingerprint density at radius 1 is 1.15 bits per heavy atom. The zero-order valence-electron chi connectivity index (χ0n) is 15.2. The fraction of sp³-hybridized carbons (Fsp3) is 0.350. The molecular weight excluding hydrogens is 357 g/mol. The second-order valence-electron chi connectivity index (χ2n) is 6.50. The van der Waals surface area contributed by atoms with Crippen molar-refractivity contribution in [2.45, 2.75) is 45.1 Å². The normalized spacial score (nSPS) is 12.7. The van der Waals surface area contributed by atoms with E-state index in [9.17, 15) is 18.0 Å². The van der Waals surface area contributed by atoms with Crippen LogP contribution < -0.4 is 15.8 Å². The van der Waals surface area contributed by atoms with Gasteiger partial charge >= 0.3 is 6.18 Å². The van der Waals surface area contributed by atoms with Crippen LogP contribution in [0.3, 0.4) is 0 Å². The molecule has 1 atom stereocenters. The van der Waals surface area contributed by atoms with Crippen molar-refractivity contribution in [2.24, 2.45) is 5.73 Å². The SMILES string of the molecule is CC(C)Oc1ccc(CNC(=O)[C@@H](N)Cc2ccccc2)c(C(F)(F)F)c1. The minimum absolute atomic E-state index is 0.0427. The number of carbonyl (C=O) groups is 1. The van der Waals surface area contributed by atoms with Gasteiger partial charge in [-0.2, -0.15) is 13.2 Å². The molecule has 146 valence electrons. The summed E-state index contributed by atoms with van der Waals surface area (Å²) < 4.78 is 45.4. The maximum Gasteiger partial charge on any atom is 0.416 e. The number of benzene rings is 2. The summed E-state index contributed by atoms with van der Waals surface area (Å²) in [7, 11) is 0. The van der Waals surface area contributed by atoms with E-state index in [1.165, 1.54) is 12.1 Å². The van der Waals surface area contributed by atoms with E-state index in [-0.39, 0.29) is 24.0 Å². The molecule has 4 nitrogen and oxygen atoms in total. The van der Waals surface area contributed by atoms with E-state index in [4.69, 9.17) is 10.5 Å². The number of nitrogens with two attached hydrogens (primary N) is 1. The molecule has 2 aromatic carbocycles. The first-order valence-electron chi connectivity index (χ1n) is 8.61. The van der Waals surface area contributed by atoms with Crippen LogP contribution in [0.5, 0.6) is 5.75 Å². The quantitative estimate of drug-likeness (QED) is 0.770. The summed E-state index contributed by atoms with van der Waals surface area (Å²) in [5.74, 6) is -0.373. The van der Waals surface area contributed by atoms with Gasteiger partial charge in [0.05, 0.1) is 17.7 Å². The molecule has 0 spiro atoms. The van der Waals surface area contributed by atoms with E-state index in [2.05, 4.69) is 5.32 Å². The lowest BCUT2D eigenvalue weighted by atomic mass is 10.0. The van der Waals surface area contributed by atoms with Gasteiger partial charge in [-0.3, -0.25) is 4.79 Å². The lowest BCUT2D eigenvalue weighted by Gasteiger charge is -2.18. The molecule has 0 aliphatic carbocycles. The Labute approximate surface area is 156 Å². The Morgan fingerprint density at radius 2 is 1.81 bits per heavy atom. The van der Waals surface area contributed by atoms with Crippen LogP contribution in [0.4, 0.5) is 13.2 Å². The maximum atomic E-state index is 13.3. The number of hydrogen-bond acceptors (Lipinski definition) is 3. The highest BCUT2D eigenvalue weighted by atomic mass is 19.4. The molecule has 0 saturated carbocycles. The van der Waals surface area contributed by atoms with Crippen LogP contribution in [0.15, 0.2) is 48.5 Å². The molecule has 0 aromatic heterocycles. The summed E-state index contributed by atoms with van der Waals surface area (Å²) in [6, 6.07) is 12.1. The van der Waals surface area contributed by atoms with Crippen molar-refractivity contribution in [3.63, 3.8) is 0 Å². The molecule has 1 amide bonds. The van der Waals surface area contributed by atoms with Crippen LogP contribution in [0.25, 0.3) is 0 Å². The number of halogens is 3. The predicted molar refractivity (Wildman–Crippen MR) is 97.2 cm³/mol. The minimum Gasteiger partial charge on any atom is -0.491 e. The van der Waals surface area contributed by atoms with Gasteiger partial charge in [-0.05, 0) is 43.5 Å². The number of amides is 1. The lowest BCUT2D eigenvalue weighted by Crippen LogP contribution is -2.41. The Bertz CT molecular complexity index is 762. The molecule has 2 rings (SSSR count). The molecule has 0 fully saturated rings. The van der Waals surface area contributed by atoms with Gasteiger partial charge in [0.15, 0.2) is 0 Å². The predicted octanol–water partition coefficient (Wildman–Crippen LogP) is 3.68. The molecule has 0 radical (unpaired) electrons. The lowest BCUT2D eigenvalue weighted by molar-refractivity contribution is -0.138. The summed E-state index contributed by atoms with van der Waals surface area (Å²) in [5, 5.41) is 2.49. The smallest absolute Gasteiger partial charge is 0.416 e. The number of carbonyl (C=O) groups excluding carboxylic acids is 1. The van der Waals surface area contributed by atoms with Crippen molar-refractivity contribution in [3.8, 4) is 5.75 Å². The molecule has 27 heavy (non-hydrogen) atoms. The highest BCUT2D eigenvalue weighted by Gasteiger charge is 2.34. The van der Waals surface area contributed by atoms with Crippen molar-refractivity contribution in [1.82, 2.24) is 5.32 Å². The number of hydrogen-bond donors (Lipinski definition) is 2. The Kier molecular flexibility index (Phi) is 6.85. The molecule has 0 heterocycles. The second-order valence-corrected chi connectivity index (χ2v) is 6.50. The molecule has 7 heteroatoms. The van der Waals surface area contributed by atoms with Crippen molar-refractivity contribution >= 4 is 5.91 Å². The first kappa shape index (κ1) is 20.8. The summed E-state index contributed by atoms with van der Waals surface area (Å²) in [5.41, 5.74) is 5.86. The fourth-order valence-corrected chi connectivity index (χ4v) is 2.59. The van der Waals surface area contributed by atoms with Crippen LogP contribution in [0, 0.1) is 0 Å². The Balaban J connectivity index is 2.06. The van der Waals surface area contributed by atoms with Gasteiger partial charge < -0.3 is 15.8 Å². The van der Waals surface area contributed by atoms with Crippen LogP contribution in [-0.2, 0) is 23.9 Å². The van der Waals surface area contributed by atoms with Crippen LogP contribution >= 0.6 is 0 Å². The highest BCUT2D eigenvalue weighted by Crippen LogP contribution is 2.34. The van der Waals surface area contributed by atoms with Crippen LogP contribution in [0.1, 0.15) is 30.5 Å². The molecule has 0 aliphatic rings. The van der Waals surface area contributed by atoms with E-state index in [1.54, 1.807) is 13.8 Å². The van der Waals surface area contributed by atoms with Gasteiger partial charge in [-0.1, -0.05) is 36.4 Å². The summed E-state index contributed by atoms with van der Waals surface area (Å²) >= 11 is 0. The molecule has 3 N–H and O–H groups in total. The molecular formula is C20H23F3N2O2. The molecule has 2 aromatic rings. The third-order valence-corrected chi connectivity index (χ3v) is 3.85. The number of alkyl halides is 3. The van der Waals surface area contributed by atoms with Gasteiger partial charge in [-0.25, -0.2) is 0 Å².